The van der Waals surface area contributed by atoms with E-state index in [1.807, 2.05) is 47.2 Å². The molecule has 3 rings (SSSR count). The van der Waals surface area contributed by atoms with Gasteiger partial charge in [-0.3, -0.25) is 9.59 Å². The van der Waals surface area contributed by atoms with Crippen molar-refractivity contribution >= 4 is 23.2 Å². The highest BCUT2D eigenvalue weighted by molar-refractivity contribution is 7.08. The summed E-state index contributed by atoms with van der Waals surface area (Å²) in [6.45, 7) is 3.59. The number of nitrogens with one attached hydrogen (secondary N) is 1. The average Bonchev–Trinajstić information content (AvgIpc) is 3.37. The molecular formula is C21H23N3O4S. The van der Waals surface area contributed by atoms with E-state index in [-0.39, 0.29) is 30.8 Å². The molecule has 2 aromatic heterocycles. The van der Waals surface area contributed by atoms with E-state index in [9.17, 15) is 9.59 Å². The highest BCUT2D eigenvalue weighted by Gasteiger charge is 2.20. The number of hydrogen-bond donors (Lipinski definition) is 1. The van der Waals surface area contributed by atoms with Crippen molar-refractivity contribution in [1.82, 2.24) is 15.5 Å². The smallest absolute Gasteiger partial charge is 0.308 e. The second-order valence-electron chi connectivity index (χ2n) is 6.80. The Kier molecular flexibility index (Phi) is 7.13. The van der Waals surface area contributed by atoms with Crippen molar-refractivity contribution in [3.8, 4) is 11.4 Å². The molecule has 0 radical (unpaired) electrons. The minimum atomic E-state index is -0.459. The highest BCUT2D eigenvalue weighted by Crippen LogP contribution is 2.20. The number of carbonyl (C=O) groups excluding carboxylic acids is 2. The summed E-state index contributed by atoms with van der Waals surface area (Å²) in [6, 6.07) is 10.8. The maximum atomic E-state index is 12.5. The van der Waals surface area contributed by atoms with E-state index in [1.54, 1.807) is 25.2 Å². The third-order valence-electron chi connectivity index (χ3n) is 4.09. The first-order valence-electron chi connectivity index (χ1n) is 9.40. The molecule has 0 saturated carbocycles. The summed E-state index contributed by atoms with van der Waals surface area (Å²) in [7, 11) is 0. The van der Waals surface area contributed by atoms with Gasteiger partial charge >= 0.3 is 5.97 Å². The predicted octanol–water partition coefficient (Wildman–Crippen LogP) is 3.93. The molecule has 0 aliphatic rings. The zero-order chi connectivity index (χ0) is 20.6. The minimum absolute atomic E-state index is 0.0663. The first-order valence-corrected chi connectivity index (χ1v) is 10.3. The lowest BCUT2D eigenvalue weighted by Gasteiger charge is -2.19. The zero-order valence-electron chi connectivity index (χ0n) is 16.3. The van der Waals surface area contributed by atoms with E-state index < -0.39 is 6.04 Å². The molecule has 2 heterocycles. The van der Waals surface area contributed by atoms with E-state index in [0.29, 0.717) is 18.1 Å². The summed E-state index contributed by atoms with van der Waals surface area (Å²) in [5.41, 5.74) is 1.74. The SMILES string of the molecule is CC(C)OC(=O)CC(NC(=O)CCc1nc(-c2ccsc2)no1)c1ccccc1. The van der Waals surface area contributed by atoms with Crippen LogP contribution in [0.1, 0.15) is 44.2 Å². The highest BCUT2D eigenvalue weighted by atomic mass is 32.1. The summed E-state index contributed by atoms with van der Waals surface area (Å²) in [4.78, 5) is 28.9. The first-order chi connectivity index (χ1) is 14.0. The van der Waals surface area contributed by atoms with E-state index in [2.05, 4.69) is 15.5 Å². The maximum Gasteiger partial charge on any atom is 0.308 e. The Morgan fingerprint density at radius 3 is 2.69 bits per heavy atom. The van der Waals surface area contributed by atoms with Gasteiger partial charge in [-0.15, -0.1) is 0 Å². The fourth-order valence-corrected chi connectivity index (χ4v) is 3.40. The van der Waals surface area contributed by atoms with Crippen molar-refractivity contribution in [1.29, 1.82) is 0 Å². The zero-order valence-corrected chi connectivity index (χ0v) is 17.1. The molecule has 7 nitrogen and oxygen atoms in total. The van der Waals surface area contributed by atoms with Crippen LogP contribution in [0.15, 0.2) is 51.7 Å². The number of nitrogens with zero attached hydrogens (tertiary/aromatic N) is 2. The summed E-state index contributed by atoms with van der Waals surface area (Å²) >= 11 is 1.55. The summed E-state index contributed by atoms with van der Waals surface area (Å²) in [5, 5.41) is 10.7. The molecule has 1 aromatic carbocycles. The summed E-state index contributed by atoms with van der Waals surface area (Å²) in [6.07, 6.45) is 0.357. The molecule has 29 heavy (non-hydrogen) atoms. The van der Waals surface area contributed by atoms with Crippen molar-refractivity contribution in [3.63, 3.8) is 0 Å². The van der Waals surface area contributed by atoms with E-state index in [1.165, 1.54) is 0 Å². The van der Waals surface area contributed by atoms with Gasteiger partial charge in [0.1, 0.15) is 0 Å². The van der Waals surface area contributed by atoms with E-state index in [0.717, 1.165) is 11.1 Å². The van der Waals surface area contributed by atoms with Gasteiger partial charge < -0.3 is 14.6 Å². The number of benzene rings is 1. The van der Waals surface area contributed by atoms with Crippen LogP contribution in [0.5, 0.6) is 0 Å². The molecule has 3 aromatic rings. The monoisotopic (exact) mass is 413 g/mol. The molecule has 152 valence electrons. The number of rotatable bonds is 9. The van der Waals surface area contributed by atoms with Crippen LogP contribution < -0.4 is 5.32 Å². The third kappa shape index (κ3) is 6.25. The van der Waals surface area contributed by atoms with Crippen LogP contribution in [0.3, 0.4) is 0 Å². The van der Waals surface area contributed by atoms with Gasteiger partial charge in [-0.1, -0.05) is 35.5 Å². The van der Waals surface area contributed by atoms with Crippen molar-refractivity contribution in [2.75, 3.05) is 0 Å². The number of esters is 1. The van der Waals surface area contributed by atoms with Gasteiger partial charge in [0.2, 0.25) is 17.6 Å². The van der Waals surface area contributed by atoms with Gasteiger partial charge in [0.15, 0.2) is 0 Å². The van der Waals surface area contributed by atoms with Gasteiger partial charge in [0.05, 0.1) is 18.6 Å². The van der Waals surface area contributed by atoms with E-state index in [4.69, 9.17) is 9.26 Å². The number of amides is 1. The number of aromatic nitrogens is 2. The molecule has 1 amide bonds. The first kappa shape index (κ1) is 20.7. The quantitative estimate of drug-likeness (QED) is 0.534. The molecule has 0 spiro atoms. The molecule has 1 atom stereocenters. The lowest BCUT2D eigenvalue weighted by atomic mass is 10.0. The number of aryl methyl sites for hydroxylation is 1. The Hall–Kier alpha value is -3.00. The Balaban J connectivity index is 1.58. The largest absolute Gasteiger partial charge is 0.463 e. The van der Waals surface area contributed by atoms with Crippen LogP contribution in [0, 0.1) is 0 Å². The summed E-state index contributed by atoms with van der Waals surface area (Å²) < 4.78 is 10.5. The van der Waals surface area contributed by atoms with Gasteiger partial charge in [0, 0.05) is 23.8 Å². The normalized spacial score (nSPS) is 12.0. The Morgan fingerprint density at radius 1 is 1.21 bits per heavy atom. The second kappa shape index (κ2) is 9.97. The second-order valence-corrected chi connectivity index (χ2v) is 7.58. The predicted molar refractivity (Wildman–Crippen MR) is 109 cm³/mol. The standard InChI is InChI=1S/C21H23N3O4S/c1-14(2)27-20(26)12-17(15-6-4-3-5-7-15)22-18(25)8-9-19-23-21(24-28-19)16-10-11-29-13-16/h3-7,10-11,13-14,17H,8-9,12H2,1-2H3,(H,22,25). The van der Waals surface area contributed by atoms with Crippen molar-refractivity contribution in [3.05, 3.63) is 58.6 Å². The Bertz CT molecular complexity index is 923. The van der Waals surface area contributed by atoms with Crippen LogP contribution in [-0.4, -0.2) is 28.1 Å². The van der Waals surface area contributed by atoms with E-state index >= 15 is 0 Å². The molecule has 0 fully saturated rings. The van der Waals surface area contributed by atoms with Crippen molar-refractivity contribution < 1.29 is 18.8 Å². The molecule has 8 heteroatoms. The molecule has 1 N–H and O–H groups in total. The number of ether oxygens (including phenoxy) is 1. The van der Waals surface area contributed by atoms with Gasteiger partial charge in [-0.2, -0.15) is 16.3 Å². The molecule has 0 aliphatic heterocycles. The van der Waals surface area contributed by atoms with Gasteiger partial charge in [-0.25, -0.2) is 0 Å². The van der Waals surface area contributed by atoms with Crippen molar-refractivity contribution in [2.24, 2.45) is 0 Å². The van der Waals surface area contributed by atoms with Gasteiger partial charge in [-0.05, 0) is 30.9 Å². The molecule has 0 aliphatic carbocycles. The minimum Gasteiger partial charge on any atom is -0.463 e. The molecular weight excluding hydrogens is 390 g/mol. The Labute approximate surface area is 173 Å². The fraction of sp³-hybridized carbons (Fsp3) is 0.333. The average molecular weight is 413 g/mol. The van der Waals surface area contributed by atoms with Crippen LogP contribution in [0.4, 0.5) is 0 Å². The van der Waals surface area contributed by atoms with Crippen LogP contribution in [0.25, 0.3) is 11.4 Å². The Morgan fingerprint density at radius 2 is 2.00 bits per heavy atom. The number of carbonyl (C=O) groups is 2. The molecule has 1 unspecified atom stereocenters. The lowest BCUT2D eigenvalue weighted by molar-refractivity contribution is -0.148. The maximum absolute atomic E-state index is 12.5. The van der Waals surface area contributed by atoms with Crippen molar-refractivity contribution in [2.45, 2.75) is 45.3 Å². The van der Waals surface area contributed by atoms with Crippen LogP contribution in [0.2, 0.25) is 0 Å². The summed E-state index contributed by atoms with van der Waals surface area (Å²) in [5.74, 6) is 0.357. The lowest BCUT2D eigenvalue weighted by Crippen LogP contribution is -2.31. The van der Waals surface area contributed by atoms with Gasteiger partial charge in [0.25, 0.3) is 0 Å². The fourth-order valence-electron chi connectivity index (χ4n) is 2.77. The van der Waals surface area contributed by atoms with Crippen LogP contribution >= 0.6 is 11.3 Å². The van der Waals surface area contributed by atoms with Crippen LogP contribution in [-0.2, 0) is 20.7 Å². The topological polar surface area (TPSA) is 94.3 Å². The third-order valence-corrected chi connectivity index (χ3v) is 4.77. The number of thiophene rings is 1. The molecule has 0 saturated heterocycles. The number of hydrogen-bond acceptors (Lipinski definition) is 7. The molecule has 0 bridgehead atoms.